The van der Waals surface area contributed by atoms with Crippen molar-refractivity contribution < 1.29 is 14.3 Å². The van der Waals surface area contributed by atoms with Gasteiger partial charge in [0.15, 0.2) is 11.5 Å². The summed E-state index contributed by atoms with van der Waals surface area (Å²) in [5.41, 5.74) is 2.26. The van der Waals surface area contributed by atoms with Crippen LogP contribution >= 0.6 is 0 Å². The molecule has 2 aromatic rings. The summed E-state index contributed by atoms with van der Waals surface area (Å²) in [4.78, 5) is 17.0. The Kier molecular flexibility index (Phi) is 5.16. The van der Waals surface area contributed by atoms with Crippen molar-refractivity contribution in [1.29, 1.82) is 0 Å². The Morgan fingerprint density at radius 1 is 1.04 bits per heavy atom. The number of hydrogen-bond donors (Lipinski definition) is 1. The van der Waals surface area contributed by atoms with Crippen LogP contribution in [-0.2, 0) is 4.79 Å². The molecule has 0 radical (unpaired) electrons. The van der Waals surface area contributed by atoms with Gasteiger partial charge in [0.1, 0.15) is 0 Å². The number of fused-ring (bicyclic) bond motifs is 1. The fraction of sp³-hybridized carbons (Fsp3) is 0.381. The molecule has 1 saturated heterocycles. The number of benzene rings is 2. The Bertz CT molecular complexity index is 789. The van der Waals surface area contributed by atoms with Gasteiger partial charge in [-0.2, -0.15) is 0 Å². The second-order valence-corrected chi connectivity index (χ2v) is 7.00. The monoisotopic (exact) mass is 367 g/mol. The van der Waals surface area contributed by atoms with E-state index < -0.39 is 0 Å². The average molecular weight is 367 g/mol. The van der Waals surface area contributed by atoms with Gasteiger partial charge in [-0.1, -0.05) is 24.3 Å². The zero-order valence-electron chi connectivity index (χ0n) is 15.6. The second-order valence-electron chi connectivity index (χ2n) is 7.00. The SMILES string of the molecule is C[C@H](NC(=O)CN1CCN(c2ccccc2)CC1)c1ccc2c(c1)OCO2. The number of hydrogen-bond acceptors (Lipinski definition) is 5. The molecule has 6 nitrogen and oxygen atoms in total. The molecule has 1 fully saturated rings. The van der Waals surface area contributed by atoms with E-state index in [0.29, 0.717) is 6.54 Å². The van der Waals surface area contributed by atoms with Crippen molar-refractivity contribution in [3.05, 3.63) is 54.1 Å². The predicted molar refractivity (Wildman–Crippen MR) is 104 cm³/mol. The van der Waals surface area contributed by atoms with E-state index in [4.69, 9.17) is 9.47 Å². The molecule has 2 aliphatic rings. The van der Waals surface area contributed by atoms with Crippen LogP contribution in [0.5, 0.6) is 11.5 Å². The summed E-state index contributed by atoms with van der Waals surface area (Å²) in [6.07, 6.45) is 0. The first-order valence-corrected chi connectivity index (χ1v) is 9.40. The third-order valence-corrected chi connectivity index (χ3v) is 5.13. The Balaban J connectivity index is 1.26. The lowest BCUT2D eigenvalue weighted by Crippen LogP contribution is -2.49. The Hall–Kier alpha value is -2.73. The highest BCUT2D eigenvalue weighted by molar-refractivity contribution is 5.78. The minimum atomic E-state index is -0.0717. The van der Waals surface area contributed by atoms with Crippen molar-refractivity contribution in [3.8, 4) is 11.5 Å². The summed E-state index contributed by atoms with van der Waals surface area (Å²) in [7, 11) is 0. The van der Waals surface area contributed by atoms with Crippen LogP contribution in [0.1, 0.15) is 18.5 Å². The van der Waals surface area contributed by atoms with Crippen LogP contribution < -0.4 is 19.7 Å². The Morgan fingerprint density at radius 3 is 2.56 bits per heavy atom. The maximum Gasteiger partial charge on any atom is 0.234 e. The summed E-state index contributed by atoms with van der Waals surface area (Å²) >= 11 is 0. The van der Waals surface area contributed by atoms with Gasteiger partial charge in [-0.05, 0) is 36.8 Å². The molecule has 2 aliphatic heterocycles. The van der Waals surface area contributed by atoms with E-state index in [9.17, 15) is 4.79 Å². The molecule has 1 N–H and O–H groups in total. The standard InChI is InChI=1S/C21H25N3O3/c1-16(17-7-8-19-20(13-17)27-15-26-19)22-21(25)14-23-9-11-24(12-10-23)18-5-3-2-4-6-18/h2-8,13,16H,9-12,14-15H2,1H3,(H,22,25)/t16-/m0/s1. The van der Waals surface area contributed by atoms with E-state index in [-0.39, 0.29) is 18.7 Å². The molecule has 4 rings (SSSR count). The maximum absolute atomic E-state index is 12.5. The van der Waals surface area contributed by atoms with Gasteiger partial charge < -0.3 is 19.7 Å². The number of rotatable bonds is 5. The number of para-hydroxylation sites is 1. The quantitative estimate of drug-likeness (QED) is 0.880. The highest BCUT2D eigenvalue weighted by atomic mass is 16.7. The van der Waals surface area contributed by atoms with Gasteiger partial charge in [0, 0.05) is 31.9 Å². The smallest absolute Gasteiger partial charge is 0.234 e. The molecule has 2 aromatic carbocycles. The molecular formula is C21H25N3O3. The molecule has 0 unspecified atom stereocenters. The van der Waals surface area contributed by atoms with E-state index >= 15 is 0 Å². The van der Waals surface area contributed by atoms with Crippen molar-refractivity contribution in [2.45, 2.75) is 13.0 Å². The number of piperazine rings is 1. The molecule has 0 aliphatic carbocycles. The van der Waals surface area contributed by atoms with Gasteiger partial charge in [-0.15, -0.1) is 0 Å². The van der Waals surface area contributed by atoms with E-state index in [1.54, 1.807) is 0 Å². The lowest BCUT2D eigenvalue weighted by molar-refractivity contribution is -0.123. The molecule has 6 heteroatoms. The van der Waals surface area contributed by atoms with Gasteiger partial charge in [0.2, 0.25) is 12.7 Å². The van der Waals surface area contributed by atoms with Gasteiger partial charge in [0.05, 0.1) is 12.6 Å². The number of nitrogens with one attached hydrogen (secondary N) is 1. The van der Waals surface area contributed by atoms with E-state index in [2.05, 4.69) is 39.4 Å². The molecule has 1 amide bonds. The van der Waals surface area contributed by atoms with E-state index in [1.165, 1.54) is 5.69 Å². The fourth-order valence-electron chi connectivity index (χ4n) is 3.56. The third kappa shape index (κ3) is 4.17. The number of ether oxygens (including phenoxy) is 2. The fourth-order valence-corrected chi connectivity index (χ4v) is 3.56. The summed E-state index contributed by atoms with van der Waals surface area (Å²) in [5.74, 6) is 1.55. The molecule has 0 saturated carbocycles. The molecule has 27 heavy (non-hydrogen) atoms. The molecular weight excluding hydrogens is 342 g/mol. The molecule has 1 atom stereocenters. The van der Waals surface area contributed by atoms with E-state index in [1.807, 2.05) is 31.2 Å². The predicted octanol–water partition coefficient (Wildman–Crippen LogP) is 2.41. The molecule has 0 aromatic heterocycles. The molecule has 142 valence electrons. The van der Waals surface area contributed by atoms with Crippen molar-refractivity contribution in [1.82, 2.24) is 10.2 Å². The van der Waals surface area contributed by atoms with Crippen molar-refractivity contribution in [3.63, 3.8) is 0 Å². The first-order valence-electron chi connectivity index (χ1n) is 9.40. The summed E-state index contributed by atoms with van der Waals surface area (Å²) in [5, 5.41) is 3.09. The van der Waals surface area contributed by atoms with Crippen molar-refractivity contribution in [2.75, 3.05) is 44.4 Å². The number of nitrogens with zero attached hydrogens (tertiary/aromatic N) is 2. The number of carbonyl (C=O) groups excluding carboxylic acids is 1. The maximum atomic E-state index is 12.5. The largest absolute Gasteiger partial charge is 0.454 e. The van der Waals surface area contributed by atoms with Crippen LogP contribution in [0.2, 0.25) is 0 Å². The summed E-state index contributed by atoms with van der Waals surface area (Å²) in [6, 6.07) is 16.2. The van der Waals surface area contributed by atoms with E-state index in [0.717, 1.165) is 43.2 Å². The van der Waals surface area contributed by atoms with Gasteiger partial charge >= 0.3 is 0 Å². The lowest BCUT2D eigenvalue weighted by Gasteiger charge is -2.35. The van der Waals surface area contributed by atoms with Crippen molar-refractivity contribution in [2.24, 2.45) is 0 Å². The number of carbonyl (C=O) groups is 1. The summed E-state index contributed by atoms with van der Waals surface area (Å²) < 4.78 is 10.7. The van der Waals surface area contributed by atoms with Crippen LogP contribution in [0.3, 0.4) is 0 Å². The van der Waals surface area contributed by atoms with Crippen LogP contribution in [-0.4, -0.2) is 50.3 Å². The lowest BCUT2D eigenvalue weighted by atomic mass is 10.1. The topological polar surface area (TPSA) is 54.0 Å². The zero-order chi connectivity index (χ0) is 18.6. The minimum absolute atomic E-state index is 0.0494. The highest BCUT2D eigenvalue weighted by Crippen LogP contribution is 2.34. The minimum Gasteiger partial charge on any atom is -0.454 e. The third-order valence-electron chi connectivity index (χ3n) is 5.13. The van der Waals surface area contributed by atoms with Crippen molar-refractivity contribution >= 4 is 11.6 Å². The Labute approximate surface area is 159 Å². The highest BCUT2D eigenvalue weighted by Gasteiger charge is 2.21. The number of amides is 1. The Morgan fingerprint density at radius 2 is 1.78 bits per heavy atom. The van der Waals surface area contributed by atoms with Gasteiger partial charge in [0.25, 0.3) is 0 Å². The van der Waals surface area contributed by atoms with Crippen LogP contribution in [0, 0.1) is 0 Å². The van der Waals surface area contributed by atoms with Crippen LogP contribution in [0.4, 0.5) is 5.69 Å². The molecule has 2 heterocycles. The second kappa shape index (κ2) is 7.88. The summed E-state index contributed by atoms with van der Waals surface area (Å²) in [6.45, 7) is 6.33. The van der Waals surface area contributed by atoms with Gasteiger partial charge in [-0.3, -0.25) is 9.69 Å². The number of anilines is 1. The molecule has 0 spiro atoms. The van der Waals surface area contributed by atoms with Crippen LogP contribution in [0.15, 0.2) is 48.5 Å². The average Bonchev–Trinajstić information content (AvgIpc) is 3.17. The first-order chi connectivity index (χ1) is 13.2. The van der Waals surface area contributed by atoms with Gasteiger partial charge in [-0.25, -0.2) is 0 Å². The normalized spacial score (nSPS) is 17.6. The molecule has 0 bridgehead atoms. The van der Waals surface area contributed by atoms with Crippen LogP contribution in [0.25, 0.3) is 0 Å². The first kappa shape index (κ1) is 17.7. The zero-order valence-corrected chi connectivity index (χ0v) is 15.6.